The maximum atomic E-state index is 14.1. The molecule has 0 aromatic carbocycles. The number of pyridine rings is 1. The Labute approximate surface area is 370 Å². The summed E-state index contributed by atoms with van der Waals surface area (Å²) in [5.74, 6) is -1.52. The number of nitrogens with zero attached hydrogens (tertiary/aromatic N) is 5. The normalized spacial score (nSPS) is 23.6. The molecule has 1 saturated heterocycles. The average molecular weight is 925 g/mol. The van der Waals surface area contributed by atoms with Crippen LogP contribution in [0.25, 0.3) is 0 Å². The van der Waals surface area contributed by atoms with E-state index in [1.54, 1.807) is 13.1 Å². The molecule has 15 nitrogen and oxygen atoms in total. The fourth-order valence-electron chi connectivity index (χ4n) is 8.32. The van der Waals surface area contributed by atoms with E-state index < -0.39 is 30.5 Å². The molecular formula is C45H54N8O7Pd. The molecule has 5 atom stereocenters. The number of ether oxygens (including phenoxy) is 1. The summed E-state index contributed by atoms with van der Waals surface area (Å²) in [6.45, 7) is 11.3. The third-order valence-corrected chi connectivity index (χ3v) is 11.7. The Morgan fingerprint density at radius 2 is 1.75 bits per heavy atom. The van der Waals surface area contributed by atoms with Crippen LogP contribution >= 0.6 is 0 Å². The van der Waals surface area contributed by atoms with Gasteiger partial charge in [0.2, 0.25) is 5.91 Å². The fourth-order valence-corrected chi connectivity index (χ4v) is 8.32. The van der Waals surface area contributed by atoms with Crippen molar-refractivity contribution in [3.63, 3.8) is 0 Å². The molecule has 0 saturated carbocycles. The van der Waals surface area contributed by atoms with Gasteiger partial charge in [-0.15, -0.1) is 5.76 Å². The fraction of sp³-hybridized carbons (Fsp3) is 0.444. The second-order valence-electron chi connectivity index (χ2n) is 15.6. The van der Waals surface area contributed by atoms with Gasteiger partial charge in [-0.25, -0.2) is 15.0 Å². The van der Waals surface area contributed by atoms with Gasteiger partial charge in [-0.1, -0.05) is 33.8 Å². The number of carbonyl (C=O) groups is 2. The van der Waals surface area contributed by atoms with Crippen LogP contribution in [0.2, 0.25) is 0 Å². The van der Waals surface area contributed by atoms with E-state index in [2.05, 4.69) is 39.8 Å². The van der Waals surface area contributed by atoms with Gasteiger partial charge in [0.15, 0.2) is 0 Å². The minimum atomic E-state index is -1.25. The van der Waals surface area contributed by atoms with Gasteiger partial charge >= 0.3 is 26.4 Å². The Morgan fingerprint density at radius 3 is 2.43 bits per heavy atom. The third kappa shape index (κ3) is 10.3. The van der Waals surface area contributed by atoms with Crippen molar-refractivity contribution in [2.24, 2.45) is 43.6 Å². The van der Waals surface area contributed by atoms with Crippen molar-refractivity contribution in [1.29, 1.82) is 0 Å². The summed E-state index contributed by atoms with van der Waals surface area (Å²) in [5, 5.41) is 56.6. The summed E-state index contributed by atoms with van der Waals surface area (Å²) >= 11 is 0. The molecule has 326 valence electrons. The summed E-state index contributed by atoms with van der Waals surface area (Å²) < 4.78 is 5.20. The van der Waals surface area contributed by atoms with Gasteiger partial charge in [-0.2, -0.15) is 0 Å². The van der Waals surface area contributed by atoms with Crippen LogP contribution in [0.3, 0.4) is 0 Å². The number of allylic oxidation sites excluding steroid dienone is 10. The summed E-state index contributed by atoms with van der Waals surface area (Å²) in [6.07, 6.45) is 7.07. The maximum absolute atomic E-state index is 14.1. The van der Waals surface area contributed by atoms with Gasteiger partial charge in [0.25, 0.3) is 0 Å². The van der Waals surface area contributed by atoms with E-state index >= 15 is 0 Å². The smallest absolute Gasteiger partial charge is 0.875 e. The van der Waals surface area contributed by atoms with Crippen molar-refractivity contribution in [2.75, 3.05) is 38.7 Å². The Bertz CT molecular complexity index is 2260. The minimum absolute atomic E-state index is 0. The number of amides is 1. The van der Waals surface area contributed by atoms with E-state index in [4.69, 9.17) is 19.7 Å². The molecule has 1 fully saturated rings. The summed E-state index contributed by atoms with van der Waals surface area (Å²) in [6, 6.07) is 5.54. The summed E-state index contributed by atoms with van der Waals surface area (Å²) in [7, 11) is 1.28. The number of anilines is 1. The first-order chi connectivity index (χ1) is 28.8. The van der Waals surface area contributed by atoms with E-state index in [1.165, 1.54) is 14.0 Å². The number of fused-ring (bicyclic) bond motifs is 5. The molecule has 1 aromatic rings. The maximum Gasteiger partial charge on any atom is 2.00 e. The van der Waals surface area contributed by atoms with Crippen LogP contribution in [0.4, 0.5) is 5.82 Å². The zero-order chi connectivity index (χ0) is 43.2. The van der Waals surface area contributed by atoms with Gasteiger partial charge in [0.05, 0.1) is 61.3 Å². The molecule has 5 N–H and O–H groups in total. The third-order valence-electron chi connectivity index (χ3n) is 11.7. The number of carbonyl (C=O) groups excluding carboxylic acids is 2. The number of aliphatic hydroxyl groups excluding tert-OH is 2. The van der Waals surface area contributed by atoms with E-state index in [9.17, 15) is 30.0 Å². The molecule has 1 unspecified atom stereocenters. The molecule has 1 aromatic heterocycles. The van der Waals surface area contributed by atoms with Crippen LogP contribution in [-0.4, -0.2) is 89.6 Å². The number of hydrogen-bond acceptors (Lipinski definition) is 14. The largest absolute Gasteiger partial charge is 2.00 e. The predicted octanol–water partition coefficient (Wildman–Crippen LogP) is 3.09. The Balaban J connectivity index is 0.00000704. The molecule has 6 rings (SSSR count). The Kier molecular flexibility index (Phi) is 15.7. The molecule has 0 aliphatic carbocycles. The van der Waals surface area contributed by atoms with Gasteiger partial charge in [0.1, 0.15) is 5.82 Å². The van der Waals surface area contributed by atoms with Gasteiger partial charge < -0.3 is 41.1 Å². The molecule has 5 aliphatic heterocycles. The molecule has 0 spiro atoms. The number of esters is 1. The number of hydrogen-bond donors (Lipinski definition) is 5. The standard InChI is InChI=1S/C45H56N8O7.Pd/c1-8-29-23(2)32-20-37-41(27(6)55)25(4)34(51-37)18-33-24(3)30(12-13-39(57)48-16-15-47-38-11-9-10-14-46-38)43(52-33)31(17-40(58)60-7)44-42(45(59)49-21-28(56)22-54)26(5)35(53-44)19-36(29)50-32;/h9-11,14,18-20,23-24,28-30,50,54-56H,8,12-13,15-17,21-22H2,1-7H3,(H,46,47)(H,48,57)(H,49,59);/q;+2/p-2/b32-20?,33-18?,36-19?,41-27+,44-31?;/t23-,24+,28?,29-,30+;/m1./s1. The van der Waals surface area contributed by atoms with E-state index in [-0.39, 0.29) is 80.5 Å². The minimum Gasteiger partial charge on any atom is -0.875 e. The number of aromatic nitrogens is 1. The van der Waals surface area contributed by atoms with Gasteiger partial charge in [-0.05, 0) is 79.7 Å². The molecule has 1 amide bonds. The monoisotopic (exact) mass is 924 g/mol. The second-order valence-corrected chi connectivity index (χ2v) is 15.6. The van der Waals surface area contributed by atoms with Crippen LogP contribution < -0.4 is 26.2 Å². The zero-order valence-electron chi connectivity index (χ0n) is 35.6. The van der Waals surface area contributed by atoms with Crippen molar-refractivity contribution in [3.05, 3.63) is 105 Å². The average Bonchev–Trinajstić information content (AvgIpc) is 3.92. The van der Waals surface area contributed by atoms with E-state index in [0.717, 1.165) is 17.8 Å². The van der Waals surface area contributed by atoms with Crippen LogP contribution in [0.5, 0.6) is 0 Å². The first-order valence-corrected chi connectivity index (χ1v) is 20.5. The SMILES string of the molecule is CC[C@H]1C2=CC3=NC(=C(CC(=O)OC)C4=NC(=CC5=C(C)/C(=C(/C)[O-])C(=N5)C=C(N2)[C@@H]1C)[C@@H](C)[C@@H]4CCC(=O)NCCNc1ccccn1)C(C([O-])=NCC(O)CO)=C3C.[Pd+2]. The van der Waals surface area contributed by atoms with Gasteiger partial charge in [0, 0.05) is 77.6 Å². The van der Waals surface area contributed by atoms with Crippen LogP contribution in [-0.2, 0) is 34.7 Å². The van der Waals surface area contributed by atoms with E-state index in [0.29, 0.717) is 76.1 Å². The second kappa shape index (κ2) is 20.5. The first-order valence-electron chi connectivity index (χ1n) is 20.5. The molecular weight excluding hydrogens is 871 g/mol. The summed E-state index contributed by atoms with van der Waals surface area (Å²) in [4.78, 5) is 50.3. The van der Waals surface area contributed by atoms with Gasteiger partial charge in [-0.3, -0.25) is 19.6 Å². The van der Waals surface area contributed by atoms with Crippen molar-refractivity contribution in [1.82, 2.24) is 15.6 Å². The Hall–Kier alpha value is -5.27. The molecule has 0 radical (unpaired) electrons. The first kappa shape index (κ1) is 46.8. The number of nitrogens with one attached hydrogen (secondary N) is 3. The molecule has 6 heterocycles. The molecule has 5 aliphatic rings. The van der Waals surface area contributed by atoms with Crippen molar-refractivity contribution < 1.29 is 55.2 Å². The Morgan fingerprint density at radius 1 is 1.00 bits per heavy atom. The number of aliphatic imine (C=N–C) groups is 4. The quantitative estimate of drug-likeness (QED) is 0.0458. The summed E-state index contributed by atoms with van der Waals surface area (Å²) in [5.41, 5.74) is 6.85. The number of methoxy groups -OCH3 is 1. The van der Waals surface area contributed by atoms with Crippen molar-refractivity contribution >= 4 is 40.7 Å². The van der Waals surface area contributed by atoms with E-state index in [1.807, 2.05) is 50.3 Å². The zero-order valence-corrected chi connectivity index (χ0v) is 37.1. The van der Waals surface area contributed by atoms with Crippen molar-refractivity contribution in [3.8, 4) is 0 Å². The van der Waals surface area contributed by atoms with Crippen LogP contribution in [0.1, 0.15) is 67.2 Å². The molecule has 8 bridgehead atoms. The van der Waals surface area contributed by atoms with Crippen LogP contribution in [0, 0.1) is 23.7 Å². The number of aliphatic hydroxyl groups is 2. The molecule has 16 heteroatoms. The van der Waals surface area contributed by atoms with Crippen LogP contribution in [0.15, 0.2) is 125 Å². The number of rotatable bonds is 14. The topological polar surface area (TPSA) is 228 Å². The van der Waals surface area contributed by atoms with Crippen molar-refractivity contribution in [2.45, 2.75) is 73.3 Å². The predicted molar refractivity (Wildman–Crippen MR) is 227 cm³/mol. The molecule has 61 heavy (non-hydrogen) atoms.